The van der Waals surface area contributed by atoms with Gasteiger partial charge in [0.05, 0.1) is 0 Å². The van der Waals surface area contributed by atoms with Gasteiger partial charge >= 0.3 is 0 Å². The van der Waals surface area contributed by atoms with Gasteiger partial charge in [0, 0.05) is 16.7 Å². The van der Waals surface area contributed by atoms with E-state index in [9.17, 15) is 4.79 Å². The maximum absolute atomic E-state index is 12.2. The fourth-order valence-electron chi connectivity index (χ4n) is 2.00. The zero-order valence-corrected chi connectivity index (χ0v) is 12.9. The first-order valence-electron chi connectivity index (χ1n) is 6.88. The van der Waals surface area contributed by atoms with Crippen LogP contribution >= 0.6 is 0 Å². The molecule has 0 atom stereocenters. The molecule has 1 rings (SSSR count). The van der Waals surface area contributed by atoms with E-state index in [2.05, 4.69) is 44.1 Å². The van der Waals surface area contributed by atoms with Gasteiger partial charge in [-0.25, -0.2) is 0 Å². The first-order chi connectivity index (χ1) is 9.34. The van der Waals surface area contributed by atoms with Gasteiger partial charge in [0.1, 0.15) is 0 Å². The molecular weight excluding hydrogens is 248 g/mol. The predicted molar refractivity (Wildman–Crippen MR) is 83.7 cm³/mol. The van der Waals surface area contributed by atoms with Crippen LogP contribution in [0.5, 0.6) is 0 Å². The summed E-state index contributed by atoms with van der Waals surface area (Å²) in [4.78, 5) is 14.3. The minimum absolute atomic E-state index is 0.0524. The van der Waals surface area contributed by atoms with Crippen LogP contribution in [0.3, 0.4) is 0 Å². The van der Waals surface area contributed by atoms with Crippen LogP contribution in [0.4, 0.5) is 0 Å². The summed E-state index contributed by atoms with van der Waals surface area (Å²) in [6.07, 6.45) is 7.30. The molecule has 1 aromatic rings. The first kappa shape index (κ1) is 16.3. The molecular formula is C17H24N2O. The Morgan fingerprint density at radius 1 is 1.30 bits per heavy atom. The fourth-order valence-corrected chi connectivity index (χ4v) is 2.00. The fraction of sp³-hybridized carbons (Fsp3) is 0.471. The summed E-state index contributed by atoms with van der Waals surface area (Å²) in [5.74, 6) is 2.49. The summed E-state index contributed by atoms with van der Waals surface area (Å²) >= 11 is 0. The third-order valence-electron chi connectivity index (χ3n) is 3.17. The van der Waals surface area contributed by atoms with Crippen molar-refractivity contribution in [3.63, 3.8) is 0 Å². The molecule has 0 aliphatic heterocycles. The topological polar surface area (TPSA) is 32.3 Å². The summed E-state index contributed by atoms with van der Waals surface area (Å²) in [5.41, 5.74) is 1.22. The highest BCUT2D eigenvalue weighted by molar-refractivity contribution is 5.94. The normalized spacial score (nSPS) is 11.2. The second-order valence-electron chi connectivity index (χ2n) is 5.97. The molecule has 3 heteroatoms. The van der Waals surface area contributed by atoms with Crippen molar-refractivity contribution in [1.82, 2.24) is 10.2 Å². The molecule has 1 N–H and O–H groups in total. The Morgan fingerprint density at radius 2 is 1.90 bits per heavy atom. The molecule has 1 aromatic carbocycles. The molecule has 0 aliphatic rings. The quantitative estimate of drug-likeness (QED) is 0.807. The molecule has 0 aromatic heterocycles. The Kier molecular flexibility index (Phi) is 5.79. The second kappa shape index (κ2) is 7.12. The van der Waals surface area contributed by atoms with E-state index in [0.29, 0.717) is 5.56 Å². The molecule has 108 valence electrons. The Morgan fingerprint density at radius 3 is 2.40 bits per heavy atom. The highest BCUT2D eigenvalue weighted by Gasteiger charge is 2.20. The summed E-state index contributed by atoms with van der Waals surface area (Å²) in [6, 6.07) is 7.10. The number of amides is 1. The molecule has 0 saturated carbocycles. The van der Waals surface area contributed by atoms with Gasteiger partial charge in [-0.2, -0.15) is 0 Å². The van der Waals surface area contributed by atoms with Crippen LogP contribution in [0.1, 0.15) is 42.6 Å². The minimum atomic E-state index is -0.210. The van der Waals surface area contributed by atoms with E-state index in [-0.39, 0.29) is 11.4 Å². The van der Waals surface area contributed by atoms with Crippen molar-refractivity contribution < 1.29 is 4.79 Å². The van der Waals surface area contributed by atoms with Crippen LogP contribution in [0.25, 0.3) is 0 Å². The van der Waals surface area contributed by atoms with Gasteiger partial charge in [0.15, 0.2) is 0 Å². The Hall–Kier alpha value is -1.79. The molecule has 0 unspecified atom stereocenters. The maximum atomic E-state index is 12.2. The third kappa shape index (κ3) is 5.46. The maximum Gasteiger partial charge on any atom is 0.251 e. The third-order valence-corrected chi connectivity index (χ3v) is 3.17. The van der Waals surface area contributed by atoms with Gasteiger partial charge in [0.25, 0.3) is 5.91 Å². The molecule has 1 amide bonds. The molecule has 3 nitrogen and oxygen atoms in total. The molecule has 0 bridgehead atoms. The molecule has 0 radical (unpaired) electrons. The smallest absolute Gasteiger partial charge is 0.251 e. The van der Waals surface area contributed by atoms with Gasteiger partial charge in [-0.05, 0) is 71.6 Å². The molecule has 0 spiro atoms. The Balaban J connectivity index is 2.57. The summed E-state index contributed by atoms with van der Waals surface area (Å²) in [5, 5.41) is 3.07. The van der Waals surface area contributed by atoms with Crippen molar-refractivity contribution >= 4 is 5.91 Å². The molecule has 20 heavy (non-hydrogen) atoms. The van der Waals surface area contributed by atoms with Crippen LogP contribution in [0.15, 0.2) is 24.3 Å². The lowest BCUT2D eigenvalue weighted by Gasteiger charge is -2.27. The molecule has 0 aliphatic carbocycles. The van der Waals surface area contributed by atoms with Crippen molar-refractivity contribution in [1.29, 1.82) is 0 Å². The lowest BCUT2D eigenvalue weighted by Crippen LogP contribution is -2.43. The van der Waals surface area contributed by atoms with Gasteiger partial charge < -0.3 is 10.2 Å². The van der Waals surface area contributed by atoms with Gasteiger partial charge in [-0.1, -0.05) is 5.92 Å². The van der Waals surface area contributed by atoms with E-state index in [0.717, 1.165) is 24.9 Å². The highest BCUT2D eigenvalue weighted by Crippen LogP contribution is 2.13. The van der Waals surface area contributed by atoms with E-state index in [1.807, 2.05) is 0 Å². The number of nitrogens with one attached hydrogen (secondary N) is 1. The molecule has 0 heterocycles. The zero-order valence-electron chi connectivity index (χ0n) is 12.9. The Bertz CT molecular complexity index is 481. The van der Waals surface area contributed by atoms with E-state index in [4.69, 9.17) is 6.42 Å². The standard InChI is InChI=1S/C17H24N2O/c1-6-14-8-10-15(11-9-14)16(20)18-17(2,3)12-7-13-19(4)5/h1,8-11H,7,12-13H2,2-5H3,(H,18,20). The number of hydrogen-bond acceptors (Lipinski definition) is 2. The van der Waals surface area contributed by atoms with Gasteiger partial charge in [-0.3, -0.25) is 4.79 Å². The van der Waals surface area contributed by atoms with Crippen molar-refractivity contribution in [2.24, 2.45) is 0 Å². The number of carbonyl (C=O) groups excluding carboxylic acids is 1. The predicted octanol–water partition coefficient (Wildman–Crippen LogP) is 2.52. The average molecular weight is 272 g/mol. The van der Waals surface area contributed by atoms with E-state index >= 15 is 0 Å². The van der Waals surface area contributed by atoms with Gasteiger partial charge in [-0.15, -0.1) is 6.42 Å². The summed E-state index contributed by atoms with van der Waals surface area (Å²) < 4.78 is 0. The number of terminal acetylenes is 1. The number of carbonyl (C=O) groups is 1. The minimum Gasteiger partial charge on any atom is -0.347 e. The van der Waals surface area contributed by atoms with Gasteiger partial charge in [0.2, 0.25) is 0 Å². The largest absolute Gasteiger partial charge is 0.347 e. The zero-order chi connectivity index (χ0) is 15.2. The molecule has 0 fully saturated rings. The SMILES string of the molecule is C#Cc1ccc(C(=O)NC(C)(C)CCCN(C)C)cc1. The van der Waals surface area contributed by atoms with Crippen LogP contribution in [-0.2, 0) is 0 Å². The van der Waals surface area contributed by atoms with E-state index < -0.39 is 0 Å². The van der Waals surface area contributed by atoms with Crippen LogP contribution in [0.2, 0.25) is 0 Å². The number of rotatable bonds is 6. The Labute approximate surface area is 122 Å². The number of hydrogen-bond donors (Lipinski definition) is 1. The van der Waals surface area contributed by atoms with E-state index in [1.165, 1.54) is 0 Å². The average Bonchev–Trinajstić information content (AvgIpc) is 2.37. The van der Waals surface area contributed by atoms with Crippen molar-refractivity contribution in [3.8, 4) is 12.3 Å². The van der Waals surface area contributed by atoms with Crippen LogP contribution in [-0.4, -0.2) is 37.0 Å². The number of benzene rings is 1. The van der Waals surface area contributed by atoms with Crippen LogP contribution in [0, 0.1) is 12.3 Å². The number of nitrogens with zero attached hydrogens (tertiary/aromatic N) is 1. The second-order valence-corrected chi connectivity index (χ2v) is 5.97. The first-order valence-corrected chi connectivity index (χ1v) is 6.88. The lowest BCUT2D eigenvalue weighted by atomic mass is 9.97. The summed E-state index contributed by atoms with van der Waals surface area (Å²) in [7, 11) is 4.11. The van der Waals surface area contributed by atoms with Crippen molar-refractivity contribution in [2.75, 3.05) is 20.6 Å². The van der Waals surface area contributed by atoms with Crippen molar-refractivity contribution in [3.05, 3.63) is 35.4 Å². The monoisotopic (exact) mass is 272 g/mol. The summed E-state index contributed by atoms with van der Waals surface area (Å²) in [6.45, 7) is 5.13. The van der Waals surface area contributed by atoms with Crippen LogP contribution < -0.4 is 5.32 Å². The van der Waals surface area contributed by atoms with Crippen molar-refractivity contribution in [2.45, 2.75) is 32.2 Å². The highest BCUT2D eigenvalue weighted by atomic mass is 16.1. The lowest BCUT2D eigenvalue weighted by molar-refractivity contribution is 0.0907. The molecule has 0 saturated heterocycles. The van der Waals surface area contributed by atoms with E-state index in [1.54, 1.807) is 24.3 Å².